The zero-order valence-electron chi connectivity index (χ0n) is 18.5. The molecule has 0 fully saturated rings. The molecule has 0 radical (unpaired) electrons. The third-order valence-electron chi connectivity index (χ3n) is 3.98. The minimum absolute atomic E-state index is 0.0612. The molecule has 0 aromatic heterocycles. The van der Waals surface area contributed by atoms with Crippen molar-refractivity contribution in [2.24, 2.45) is 5.92 Å². The van der Waals surface area contributed by atoms with Crippen molar-refractivity contribution in [2.75, 3.05) is 59.3 Å². The number of amides is 1. The Morgan fingerprint density at radius 2 is 1.39 bits per heavy atom. The van der Waals surface area contributed by atoms with Gasteiger partial charge in [-0.15, -0.1) is 0 Å². The number of hydrogen-bond donors (Lipinski definition) is 2. The summed E-state index contributed by atoms with van der Waals surface area (Å²) >= 11 is 0. The van der Waals surface area contributed by atoms with E-state index in [-0.39, 0.29) is 25.0 Å². The van der Waals surface area contributed by atoms with Crippen LogP contribution in [0, 0.1) is 5.92 Å². The lowest BCUT2D eigenvalue weighted by Crippen LogP contribution is -2.45. The highest BCUT2D eigenvalue weighted by atomic mass is 19.1. The predicted octanol–water partition coefficient (Wildman–Crippen LogP) is 1.94. The van der Waals surface area contributed by atoms with Crippen LogP contribution in [-0.2, 0) is 23.7 Å². The second kappa shape index (κ2) is 16.0. The lowest BCUT2D eigenvalue weighted by Gasteiger charge is -2.29. The third kappa shape index (κ3) is 15.2. The highest BCUT2D eigenvalue weighted by molar-refractivity contribution is 5.77. The standard InChI is InChI=1S/C20H41FN2O5/c1-16(2)19(24)23-15-18(21)20(5,6)28-14-13-27-12-11-26-10-9-25-8-7-22-17(3)4/h16-18,22H,7-15H2,1-6H3,(H,23,24). The van der Waals surface area contributed by atoms with Gasteiger partial charge in [0.1, 0.15) is 6.17 Å². The minimum atomic E-state index is -1.30. The molecule has 7 nitrogen and oxygen atoms in total. The fourth-order valence-corrected chi connectivity index (χ4v) is 2.06. The first-order chi connectivity index (χ1) is 13.2. The number of carbonyl (C=O) groups excluding carboxylic acids is 1. The third-order valence-corrected chi connectivity index (χ3v) is 3.98. The van der Waals surface area contributed by atoms with Crippen molar-refractivity contribution in [1.82, 2.24) is 10.6 Å². The van der Waals surface area contributed by atoms with Gasteiger partial charge in [0.05, 0.1) is 58.4 Å². The Morgan fingerprint density at radius 3 is 1.89 bits per heavy atom. The normalized spacial score (nSPS) is 13.3. The monoisotopic (exact) mass is 408 g/mol. The summed E-state index contributed by atoms with van der Waals surface area (Å²) in [6, 6.07) is 0.466. The molecule has 0 spiro atoms. The minimum Gasteiger partial charge on any atom is -0.378 e. The van der Waals surface area contributed by atoms with Gasteiger partial charge < -0.3 is 29.6 Å². The maximum Gasteiger partial charge on any atom is 0.222 e. The lowest BCUT2D eigenvalue weighted by molar-refractivity contribution is -0.125. The van der Waals surface area contributed by atoms with Crippen molar-refractivity contribution in [3.05, 3.63) is 0 Å². The molecule has 0 aliphatic rings. The van der Waals surface area contributed by atoms with Crippen LogP contribution in [0.3, 0.4) is 0 Å². The van der Waals surface area contributed by atoms with Crippen molar-refractivity contribution in [2.45, 2.75) is 59.4 Å². The van der Waals surface area contributed by atoms with Gasteiger partial charge >= 0.3 is 0 Å². The maximum absolute atomic E-state index is 14.3. The fourth-order valence-electron chi connectivity index (χ4n) is 2.06. The Bertz CT molecular complexity index is 395. The van der Waals surface area contributed by atoms with Crippen LogP contribution in [0.5, 0.6) is 0 Å². The van der Waals surface area contributed by atoms with Crippen LogP contribution in [-0.4, -0.2) is 83.1 Å². The predicted molar refractivity (Wildman–Crippen MR) is 108 cm³/mol. The van der Waals surface area contributed by atoms with Crippen molar-refractivity contribution in [1.29, 1.82) is 0 Å². The van der Waals surface area contributed by atoms with Crippen molar-refractivity contribution >= 4 is 5.91 Å². The number of carbonyl (C=O) groups is 1. The number of hydrogen-bond acceptors (Lipinski definition) is 6. The van der Waals surface area contributed by atoms with Crippen molar-refractivity contribution < 1.29 is 28.1 Å². The maximum atomic E-state index is 14.3. The van der Waals surface area contributed by atoms with E-state index in [0.717, 1.165) is 6.54 Å². The summed E-state index contributed by atoms with van der Waals surface area (Å²) in [6.07, 6.45) is -1.30. The first-order valence-corrected chi connectivity index (χ1v) is 10.2. The first-order valence-electron chi connectivity index (χ1n) is 10.2. The lowest BCUT2D eigenvalue weighted by atomic mass is 10.0. The zero-order chi connectivity index (χ0) is 21.4. The molecular weight excluding hydrogens is 367 g/mol. The van der Waals surface area contributed by atoms with Gasteiger partial charge in [-0.1, -0.05) is 27.7 Å². The quantitative estimate of drug-likeness (QED) is 0.338. The van der Waals surface area contributed by atoms with E-state index >= 15 is 0 Å². The largest absolute Gasteiger partial charge is 0.378 e. The topological polar surface area (TPSA) is 78.1 Å². The molecule has 0 aliphatic heterocycles. The van der Waals surface area contributed by atoms with Gasteiger partial charge in [0, 0.05) is 18.5 Å². The van der Waals surface area contributed by atoms with E-state index in [1.807, 2.05) is 0 Å². The molecule has 0 bridgehead atoms. The molecular formula is C20H41FN2O5. The van der Waals surface area contributed by atoms with Crippen LogP contribution < -0.4 is 10.6 Å². The fraction of sp³-hybridized carbons (Fsp3) is 0.950. The summed E-state index contributed by atoms with van der Waals surface area (Å²) in [7, 11) is 0. The zero-order valence-corrected chi connectivity index (χ0v) is 18.5. The summed E-state index contributed by atoms with van der Waals surface area (Å²) in [5, 5.41) is 5.85. The van der Waals surface area contributed by atoms with Crippen LogP contribution in [0.25, 0.3) is 0 Å². The molecule has 2 N–H and O–H groups in total. The Kier molecular flexibility index (Phi) is 15.6. The van der Waals surface area contributed by atoms with Gasteiger partial charge in [-0.05, 0) is 13.8 Å². The van der Waals surface area contributed by atoms with E-state index in [9.17, 15) is 9.18 Å². The molecule has 0 aromatic rings. The molecule has 0 aliphatic carbocycles. The van der Waals surface area contributed by atoms with Crippen LogP contribution in [0.1, 0.15) is 41.5 Å². The average Bonchev–Trinajstić information content (AvgIpc) is 2.62. The summed E-state index contributed by atoms with van der Waals surface area (Å²) in [6.45, 7) is 15.1. The van der Waals surface area contributed by atoms with Gasteiger partial charge in [0.2, 0.25) is 5.91 Å². The van der Waals surface area contributed by atoms with E-state index < -0.39 is 11.8 Å². The smallest absolute Gasteiger partial charge is 0.222 e. The van der Waals surface area contributed by atoms with E-state index in [0.29, 0.717) is 45.7 Å². The van der Waals surface area contributed by atoms with Crippen LogP contribution in [0.4, 0.5) is 4.39 Å². The summed E-state index contributed by atoms with van der Waals surface area (Å²) < 4.78 is 36.1. The van der Waals surface area contributed by atoms with Gasteiger partial charge in [0.15, 0.2) is 0 Å². The molecule has 28 heavy (non-hydrogen) atoms. The molecule has 0 saturated heterocycles. The van der Waals surface area contributed by atoms with E-state index in [1.165, 1.54) is 0 Å². The number of nitrogens with one attached hydrogen (secondary N) is 2. The van der Waals surface area contributed by atoms with E-state index in [1.54, 1.807) is 27.7 Å². The Balaban J connectivity index is 3.54. The highest BCUT2D eigenvalue weighted by Gasteiger charge is 2.30. The second-order valence-electron chi connectivity index (χ2n) is 7.77. The number of ether oxygens (including phenoxy) is 4. The average molecular weight is 409 g/mol. The van der Waals surface area contributed by atoms with Crippen LogP contribution in [0.2, 0.25) is 0 Å². The first kappa shape index (κ1) is 27.2. The van der Waals surface area contributed by atoms with Crippen LogP contribution in [0.15, 0.2) is 0 Å². The number of alkyl halides is 1. The van der Waals surface area contributed by atoms with E-state index in [2.05, 4.69) is 24.5 Å². The Labute approximate surface area is 170 Å². The SMILES string of the molecule is CC(C)NCCOCCOCCOCCOC(C)(C)C(F)CNC(=O)C(C)C. The van der Waals surface area contributed by atoms with Gasteiger partial charge in [-0.2, -0.15) is 0 Å². The Hall–Kier alpha value is -0.800. The molecule has 1 unspecified atom stereocenters. The van der Waals surface area contributed by atoms with Crippen molar-refractivity contribution in [3.63, 3.8) is 0 Å². The molecule has 168 valence electrons. The molecule has 0 aromatic carbocycles. The molecule has 0 rings (SSSR count). The van der Waals surface area contributed by atoms with Crippen LogP contribution >= 0.6 is 0 Å². The molecule has 8 heteroatoms. The number of rotatable bonds is 18. The van der Waals surface area contributed by atoms with Gasteiger partial charge in [-0.3, -0.25) is 4.79 Å². The summed E-state index contributed by atoms with van der Waals surface area (Å²) in [5.41, 5.74) is -0.994. The van der Waals surface area contributed by atoms with Gasteiger partial charge in [-0.25, -0.2) is 4.39 Å². The second-order valence-corrected chi connectivity index (χ2v) is 7.77. The summed E-state index contributed by atoms with van der Waals surface area (Å²) in [5.74, 6) is -0.334. The summed E-state index contributed by atoms with van der Waals surface area (Å²) in [4.78, 5) is 11.5. The van der Waals surface area contributed by atoms with Gasteiger partial charge in [0.25, 0.3) is 0 Å². The molecule has 0 saturated carbocycles. The number of halogens is 1. The molecule has 0 heterocycles. The molecule has 1 amide bonds. The van der Waals surface area contributed by atoms with E-state index in [4.69, 9.17) is 18.9 Å². The Morgan fingerprint density at radius 1 is 0.893 bits per heavy atom. The molecule has 1 atom stereocenters. The highest BCUT2D eigenvalue weighted by Crippen LogP contribution is 2.17. The van der Waals surface area contributed by atoms with Crippen molar-refractivity contribution in [3.8, 4) is 0 Å².